The van der Waals surface area contributed by atoms with Crippen LogP contribution in [0.4, 0.5) is 0 Å². The summed E-state index contributed by atoms with van der Waals surface area (Å²) in [6, 6.07) is 3.80. The number of aromatic nitrogens is 1. The molecule has 15 heavy (non-hydrogen) atoms. The van der Waals surface area contributed by atoms with Crippen molar-refractivity contribution in [1.29, 1.82) is 0 Å². The summed E-state index contributed by atoms with van der Waals surface area (Å²) in [4.78, 5) is 4.29. The monoisotopic (exact) mass is 210 g/mol. The molecule has 0 amide bonds. The van der Waals surface area contributed by atoms with Crippen molar-refractivity contribution in [3.63, 3.8) is 0 Å². The maximum Gasteiger partial charge on any atom is 0.142 e. The van der Waals surface area contributed by atoms with Gasteiger partial charge < -0.3 is 15.6 Å². The van der Waals surface area contributed by atoms with Crippen molar-refractivity contribution >= 4 is 0 Å². The fraction of sp³-hybridized carbons (Fsp3) is 0.545. The lowest BCUT2D eigenvalue weighted by Gasteiger charge is -2.09. The van der Waals surface area contributed by atoms with E-state index >= 15 is 0 Å². The van der Waals surface area contributed by atoms with E-state index in [0.29, 0.717) is 13.2 Å². The van der Waals surface area contributed by atoms with Crippen molar-refractivity contribution < 1.29 is 9.84 Å². The van der Waals surface area contributed by atoms with Gasteiger partial charge in [0.05, 0.1) is 12.3 Å². The first kappa shape index (κ1) is 11.9. The zero-order valence-electron chi connectivity index (χ0n) is 9.07. The molecule has 1 heterocycles. The molecule has 0 saturated carbocycles. The lowest BCUT2D eigenvalue weighted by molar-refractivity contribution is 0.251. The largest absolute Gasteiger partial charge is 0.492 e. The second-order valence-corrected chi connectivity index (χ2v) is 3.38. The topological polar surface area (TPSA) is 68.4 Å². The van der Waals surface area contributed by atoms with Crippen LogP contribution in [0.3, 0.4) is 0 Å². The zero-order valence-corrected chi connectivity index (χ0v) is 9.07. The summed E-state index contributed by atoms with van der Waals surface area (Å²) in [6.07, 6.45) is 1.60. The van der Waals surface area contributed by atoms with E-state index in [-0.39, 0.29) is 6.61 Å². The first-order valence-electron chi connectivity index (χ1n) is 5.18. The summed E-state index contributed by atoms with van der Waals surface area (Å²) in [5.41, 5.74) is 7.30. The van der Waals surface area contributed by atoms with Gasteiger partial charge in [0.25, 0.3) is 0 Å². The van der Waals surface area contributed by atoms with Gasteiger partial charge in [0.15, 0.2) is 0 Å². The first-order valence-corrected chi connectivity index (χ1v) is 5.18. The number of rotatable bonds is 6. The van der Waals surface area contributed by atoms with Crippen LogP contribution >= 0.6 is 0 Å². The maximum absolute atomic E-state index is 8.61. The van der Waals surface area contributed by atoms with Gasteiger partial charge >= 0.3 is 0 Å². The van der Waals surface area contributed by atoms with Crippen molar-refractivity contribution in [3.8, 4) is 5.75 Å². The van der Waals surface area contributed by atoms with Gasteiger partial charge in [-0.1, -0.05) is 0 Å². The average Bonchev–Trinajstić information content (AvgIpc) is 2.26. The van der Waals surface area contributed by atoms with E-state index in [2.05, 4.69) is 4.98 Å². The van der Waals surface area contributed by atoms with Gasteiger partial charge in [0.1, 0.15) is 5.75 Å². The number of ether oxygens (including phenoxy) is 1. The van der Waals surface area contributed by atoms with Gasteiger partial charge in [-0.25, -0.2) is 0 Å². The van der Waals surface area contributed by atoms with Gasteiger partial charge in [0, 0.05) is 18.8 Å². The molecule has 0 aliphatic rings. The Balaban J connectivity index is 2.52. The minimum atomic E-state index is 0.208. The molecule has 0 radical (unpaired) electrons. The van der Waals surface area contributed by atoms with Crippen LogP contribution < -0.4 is 10.5 Å². The van der Waals surface area contributed by atoms with E-state index in [1.54, 1.807) is 0 Å². The van der Waals surface area contributed by atoms with Gasteiger partial charge in [-0.3, -0.25) is 4.98 Å². The highest BCUT2D eigenvalue weighted by Gasteiger charge is 2.03. The number of nitrogens with two attached hydrogens (primary N) is 1. The molecule has 0 spiro atoms. The van der Waals surface area contributed by atoms with E-state index in [1.165, 1.54) is 0 Å². The summed E-state index contributed by atoms with van der Waals surface area (Å²) in [5, 5.41) is 8.61. The van der Waals surface area contributed by atoms with E-state index < -0.39 is 0 Å². The smallest absolute Gasteiger partial charge is 0.142 e. The van der Waals surface area contributed by atoms with Crippen LogP contribution in [-0.2, 0) is 6.54 Å². The number of aliphatic hydroxyl groups is 1. The second-order valence-electron chi connectivity index (χ2n) is 3.38. The molecule has 0 aliphatic heterocycles. The molecule has 4 nitrogen and oxygen atoms in total. The molecule has 0 bridgehead atoms. The van der Waals surface area contributed by atoms with Gasteiger partial charge in [-0.2, -0.15) is 0 Å². The van der Waals surface area contributed by atoms with Crippen molar-refractivity contribution in [3.05, 3.63) is 23.5 Å². The van der Waals surface area contributed by atoms with Crippen LogP contribution in [0, 0.1) is 6.92 Å². The normalized spacial score (nSPS) is 10.3. The van der Waals surface area contributed by atoms with Crippen LogP contribution in [0.15, 0.2) is 12.1 Å². The highest BCUT2D eigenvalue weighted by molar-refractivity contribution is 5.28. The number of unbranched alkanes of at least 4 members (excludes halogenated alkanes) is 1. The maximum atomic E-state index is 8.61. The third-order valence-electron chi connectivity index (χ3n) is 2.08. The Morgan fingerprint density at radius 3 is 2.87 bits per heavy atom. The molecule has 1 rings (SSSR count). The van der Waals surface area contributed by atoms with Crippen molar-refractivity contribution in [2.75, 3.05) is 13.2 Å². The molecule has 84 valence electrons. The number of pyridine rings is 1. The average molecular weight is 210 g/mol. The zero-order chi connectivity index (χ0) is 11.1. The van der Waals surface area contributed by atoms with Gasteiger partial charge in [0.2, 0.25) is 0 Å². The Kier molecular flexibility index (Phi) is 5.07. The van der Waals surface area contributed by atoms with Crippen LogP contribution in [-0.4, -0.2) is 23.3 Å². The third kappa shape index (κ3) is 3.85. The molecule has 0 atom stereocenters. The highest BCUT2D eigenvalue weighted by Crippen LogP contribution is 2.16. The fourth-order valence-corrected chi connectivity index (χ4v) is 1.27. The molecule has 0 unspecified atom stereocenters. The molecule has 0 aliphatic carbocycles. The Morgan fingerprint density at radius 2 is 2.20 bits per heavy atom. The molecule has 4 heteroatoms. The molecule has 3 N–H and O–H groups in total. The number of aryl methyl sites for hydroxylation is 1. The summed E-state index contributed by atoms with van der Waals surface area (Å²) in [5.74, 6) is 0.751. The quantitative estimate of drug-likeness (QED) is 0.687. The molecular weight excluding hydrogens is 192 g/mol. The molecule has 0 aromatic carbocycles. The van der Waals surface area contributed by atoms with Crippen LogP contribution in [0.5, 0.6) is 5.75 Å². The Bertz CT molecular complexity index is 303. The Morgan fingerprint density at radius 1 is 1.40 bits per heavy atom. The van der Waals surface area contributed by atoms with Crippen molar-refractivity contribution in [1.82, 2.24) is 4.98 Å². The van der Waals surface area contributed by atoms with Crippen molar-refractivity contribution in [2.24, 2.45) is 5.73 Å². The Labute approximate surface area is 90.1 Å². The minimum Gasteiger partial charge on any atom is -0.492 e. The number of hydrogen-bond acceptors (Lipinski definition) is 4. The van der Waals surface area contributed by atoms with Crippen LogP contribution in [0.2, 0.25) is 0 Å². The van der Waals surface area contributed by atoms with Crippen LogP contribution in [0.1, 0.15) is 24.2 Å². The van der Waals surface area contributed by atoms with Gasteiger partial charge in [-0.15, -0.1) is 0 Å². The third-order valence-corrected chi connectivity index (χ3v) is 2.08. The van der Waals surface area contributed by atoms with Gasteiger partial charge in [-0.05, 0) is 31.9 Å². The van der Waals surface area contributed by atoms with E-state index in [1.807, 2.05) is 19.1 Å². The molecular formula is C11H18N2O2. The summed E-state index contributed by atoms with van der Waals surface area (Å²) in [6.45, 7) is 3.11. The predicted octanol–water partition coefficient (Wildman–Crippen LogP) is 1.00. The highest BCUT2D eigenvalue weighted by atomic mass is 16.5. The standard InChI is InChI=1S/C11H18N2O2/c1-9-4-5-11(10(8-12)13-9)15-7-3-2-6-14/h4-5,14H,2-3,6-8,12H2,1H3. The van der Waals surface area contributed by atoms with E-state index in [9.17, 15) is 0 Å². The second kappa shape index (κ2) is 6.37. The number of hydrogen-bond donors (Lipinski definition) is 2. The predicted molar refractivity (Wildman–Crippen MR) is 58.7 cm³/mol. The fourth-order valence-electron chi connectivity index (χ4n) is 1.27. The first-order chi connectivity index (χ1) is 7.27. The molecule has 0 saturated heterocycles. The van der Waals surface area contributed by atoms with Crippen molar-refractivity contribution in [2.45, 2.75) is 26.3 Å². The summed E-state index contributed by atoms with van der Waals surface area (Å²) < 4.78 is 5.53. The molecule has 1 aromatic heterocycles. The molecule has 0 fully saturated rings. The molecule has 1 aromatic rings. The van der Waals surface area contributed by atoms with E-state index in [4.69, 9.17) is 15.6 Å². The Hall–Kier alpha value is -1.13. The van der Waals surface area contributed by atoms with E-state index in [0.717, 1.165) is 30.0 Å². The number of aliphatic hydroxyl groups excluding tert-OH is 1. The minimum absolute atomic E-state index is 0.208. The number of nitrogens with zero attached hydrogens (tertiary/aromatic N) is 1. The lowest BCUT2D eigenvalue weighted by atomic mass is 10.3. The van der Waals surface area contributed by atoms with Crippen LogP contribution in [0.25, 0.3) is 0 Å². The summed E-state index contributed by atoms with van der Waals surface area (Å²) in [7, 11) is 0. The SMILES string of the molecule is Cc1ccc(OCCCCO)c(CN)n1. The summed E-state index contributed by atoms with van der Waals surface area (Å²) >= 11 is 0. The lowest BCUT2D eigenvalue weighted by Crippen LogP contribution is -2.07.